The van der Waals surface area contributed by atoms with Crippen LogP contribution in [0.15, 0.2) is 34.8 Å². The molecular weight excluding hydrogens is 294 g/mol. The first-order valence-electron chi connectivity index (χ1n) is 5.53. The van der Waals surface area contributed by atoms with Gasteiger partial charge in [-0.3, -0.25) is 0 Å². The SMILES string of the molecule is CC(C)(C)c1ccc(-c2ccc(Br)c(N)c2)s1. The highest BCUT2D eigenvalue weighted by Crippen LogP contribution is 2.36. The minimum absolute atomic E-state index is 0.212. The van der Waals surface area contributed by atoms with Gasteiger partial charge in [0.1, 0.15) is 0 Å². The van der Waals surface area contributed by atoms with Gasteiger partial charge in [0.25, 0.3) is 0 Å². The Kier molecular flexibility index (Phi) is 3.32. The van der Waals surface area contributed by atoms with Crippen molar-refractivity contribution in [3.05, 3.63) is 39.7 Å². The molecule has 0 saturated carbocycles. The van der Waals surface area contributed by atoms with E-state index >= 15 is 0 Å². The van der Waals surface area contributed by atoms with Gasteiger partial charge in [-0.05, 0) is 51.2 Å². The summed E-state index contributed by atoms with van der Waals surface area (Å²) in [5.74, 6) is 0. The molecule has 0 radical (unpaired) electrons. The first kappa shape index (κ1) is 12.7. The van der Waals surface area contributed by atoms with E-state index in [0.29, 0.717) is 0 Å². The average Bonchev–Trinajstić information content (AvgIpc) is 2.70. The number of halogens is 1. The summed E-state index contributed by atoms with van der Waals surface area (Å²) in [4.78, 5) is 2.67. The summed E-state index contributed by atoms with van der Waals surface area (Å²) in [6.07, 6.45) is 0. The highest BCUT2D eigenvalue weighted by atomic mass is 79.9. The third-order valence-electron chi connectivity index (χ3n) is 2.63. The second kappa shape index (κ2) is 4.46. The van der Waals surface area contributed by atoms with E-state index in [0.717, 1.165) is 10.2 Å². The molecule has 0 saturated heterocycles. The molecule has 1 aromatic heterocycles. The van der Waals surface area contributed by atoms with Gasteiger partial charge in [-0.2, -0.15) is 0 Å². The van der Waals surface area contributed by atoms with Crippen molar-refractivity contribution >= 4 is 33.0 Å². The molecule has 0 spiro atoms. The standard InChI is InChI=1S/C14H16BrNS/c1-14(2,3)13-7-6-12(17-13)9-4-5-10(15)11(16)8-9/h4-8H,16H2,1-3H3. The highest BCUT2D eigenvalue weighted by molar-refractivity contribution is 9.10. The van der Waals surface area contributed by atoms with E-state index in [2.05, 4.69) is 54.9 Å². The van der Waals surface area contributed by atoms with Gasteiger partial charge < -0.3 is 5.73 Å². The Balaban J connectivity index is 2.40. The van der Waals surface area contributed by atoms with Gasteiger partial charge in [0.05, 0.1) is 0 Å². The number of anilines is 1. The first-order chi connectivity index (χ1) is 7.88. The molecule has 1 aromatic carbocycles. The van der Waals surface area contributed by atoms with E-state index in [9.17, 15) is 0 Å². The zero-order valence-corrected chi connectivity index (χ0v) is 12.7. The summed E-state index contributed by atoms with van der Waals surface area (Å²) in [5, 5.41) is 0. The molecular formula is C14H16BrNS. The number of nitrogen functional groups attached to an aromatic ring is 1. The number of nitrogens with two attached hydrogens (primary N) is 1. The van der Waals surface area contributed by atoms with Gasteiger partial charge >= 0.3 is 0 Å². The van der Waals surface area contributed by atoms with Crippen LogP contribution in [0.2, 0.25) is 0 Å². The Labute approximate surface area is 115 Å². The van der Waals surface area contributed by atoms with Crippen LogP contribution in [0, 0.1) is 0 Å². The van der Waals surface area contributed by atoms with Crippen LogP contribution >= 0.6 is 27.3 Å². The molecule has 0 atom stereocenters. The number of hydrogen-bond acceptors (Lipinski definition) is 2. The monoisotopic (exact) mass is 309 g/mol. The number of hydrogen-bond donors (Lipinski definition) is 1. The molecule has 17 heavy (non-hydrogen) atoms. The Morgan fingerprint density at radius 3 is 2.35 bits per heavy atom. The largest absolute Gasteiger partial charge is 0.398 e. The predicted molar refractivity (Wildman–Crippen MR) is 80.6 cm³/mol. The fourth-order valence-corrected chi connectivity index (χ4v) is 2.90. The maximum absolute atomic E-state index is 5.91. The van der Waals surface area contributed by atoms with E-state index in [4.69, 9.17) is 5.73 Å². The third kappa shape index (κ3) is 2.72. The second-order valence-corrected chi connectivity index (χ2v) is 7.09. The summed E-state index contributed by atoms with van der Waals surface area (Å²) >= 11 is 5.25. The van der Waals surface area contributed by atoms with Crippen LogP contribution in [0.1, 0.15) is 25.6 Å². The summed E-state index contributed by atoms with van der Waals surface area (Å²) in [7, 11) is 0. The minimum Gasteiger partial charge on any atom is -0.398 e. The molecule has 0 aliphatic rings. The minimum atomic E-state index is 0.212. The molecule has 3 heteroatoms. The van der Waals surface area contributed by atoms with Crippen molar-refractivity contribution in [2.45, 2.75) is 26.2 Å². The average molecular weight is 310 g/mol. The maximum Gasteiger partial charge on any atom is 0.0464 e. The molecule has 2 aromatic rings. The van der Waals surface area contributed by atoms with E-state index in [1.165, 1.54) is 15.3 Å². The number of benzene rings is 1. The van der Waals surface area contributed by atoms with Crippen LogP contribution in [-0.4, -0.2) is 0 Å². The topological polar surface area (TPSA) is 26.0 Å². The molecule has 0 fully saturated rings. The lowest BCUT2D eigenvalue weighted by molar-refractivity contribution is 0.604. The summed E-state index contributed by atoms with van der Waals surface area (Å²) in [5.41, 5.74) is 8.09. The fraction of sp³-hybridized carbons (Fsp3) is 0.286. The van der Waals surface area contributed by atoms with Gasteiger partial charge in [-0.1, -0.05) is 26.8 Å². The van der Waals surface area contributed by atoms with Crippen molar-refractivity contribution in [2.24, 2.45) is 0 Å². The molecule has 2 N–H and O–H groups in total. The quantitative estimate of drug-likeness (QED) is 0.732. The van der Waals surface area contributed by atoms with Gasteiger partial charge in [-0.15, -0.1) is 11.3 Å². The summed E-state index contributed by atoms with van der Waals surface area (Å²) < 4.78 is 0.953. The van der Waals surface area contributed by atoms with E-state index in [1.807, 2.05) is 23.5 Å². The van der Waals surface area contributed by atoms with E-state index < -0.39 is 0 Å². The summed E-state index contributed by atoms with van der Waals surface area (Å²) in [6, 6.07) is 10.5. The molecule has 0 aliphatic heterocycles. The Bertz CT molecular complexity index is 537. The summed E-state index contributed by atoms with van der Waals surface area (Å²) in [6.45, 7) is 6.70. The van der Waals surface area contributed by atoms with Gasteiger partial charge in [-0.25, -0.2) is 0 Å². The van der Waals surface area contributed by atoms with Crippen molar-refractivity contribution in [3.8, 4) is 10.4 Å². The molecule has 0 aliphatic carbocycles. The Morgan fingerprint density at radius 2 is 1.82 bits per heavy atom. The zero-order chi connectivity index (χ0) is 12.6. The number of thiophene rings is 1. The Morgan fingerprint density at radius 1 is 1.12 bits per heavy atom. The van der Waals surface area contributed by atoms with Gasteiger partial charge in [0.2, 0.25) is 0 Å². The van der Waals surface area contributed by atoms with Crippen molar-refractivity contribution in [1.82, 2.24) is 0 Å². The van der Waals surface area contributed by atoms with E-state index in [1.54, 1.807) is 0 Å². The van der Waals surface area contributed by atoms with Crippen molar-refractivity contribution in [2.75, 3.05) is 5.73 Å². The molecule has 90 valence electrons. The molecule has 0 bridgehead atoms. The van der Waals surface area contributed by atoms with Crippen molar-refractivity contribution < 1.29 is 0 Å². The smallest absolute Gasteiger partial charge is 0.0464 e. The normalized spacial score (nSPS) is 11.8. The van der Waals surface area contributed by atoms with Crippen LogP contribution in [0.5, 0.6) is 0 Å². The van der Waals surface area contributed by atoms with Crippen molar-refractivity contribution in [3.63, 3.8) is 0 Å². The van der Waals surface area contributed by atoms with Gasteiger partial charge in [0, 0.05) is 19.9 Å². The second-order valence-electron chi connectivity index (χ2n) is 5.15. The lowest BCUT2D eigenvalue weighted by Crippen LogP contribution is -2.07. The number of rotatable bonds is 1. The zero-order valence-electron chi connectivity index (χ0n) is 10.3. The molecule has 0 unspecified atom stereocenters. The molecule has 1 nitrogen and oxygen atoms in total. The van der Waals surface area contributed by atoms with Crippen LogP contribution in [-0.2, 0) is 5.41 Å². The van der Waals surface area contributed by atoms with Crippen LogP contribution in [0.4, 0.5) is 5.69 Å². The molecule has 2 rings (SSSR count). The molecule has 0 amide bonds. The van der Waals surface area contributed by atoms with Crippen LogP contribution in [0.25, 0.3) is 10.4 Å². The van der Waals surface area contributed by atoms with Crippen molar-refractivity contribution in [1.29, 1.82) is 0 Å². The predicted octanol–water partition coefficient (Wildman–Crippen LogP) is 5.06. The third-order valence-corrected chi connectivity index (χ3v) is 4.91. The lowest BCUT2D eigenvalue weighted by Gasteiger charge is -2.15. The fourth-order valence-electron chi connectivity index (χ4n) is 1.59. The van der Waals surface area contributed by atoms with Gasteiger partial charge in [0.15, 0.2) is 0 Å². The highest BCUT2D eigenvalue weighted by Gasteiger charge is 2.16. The Hall–Kier alpha value is -0.800. The first-order valence-corrected chi connectivity index (χ1v) is 7.14. The van der Waals surface area contributed by atoms with Crippen LogP contribution in [0.3, 0.4) is 0 Å². The lowest BCUT2D eigenvalue weighted by atomic mass is 9.95. The van der Waals surface area contributed by atoms with Crippen LogP contribution < -0.4 is 5.73 Å². The molecule has 1 heterocycles. The maximum atomic E-state index is 5.91. The van der Waals surface area contributed by atoms with E-state index in [-0.39, 0.29) is 5.41 Å².